The first kappa shape index (κ1) is 42.4. The lowest BCUT2D eigenvalue weighted by atomic mass is 10.0. The fourth-order valence-electron chi connectivity index (χ4n) is 5.39. The molecule has 0 fully saturated rings. The van der Waals surface area contributed by atoms with Crippen LogP contribution in [0, 0.1) is 0 Å². The quantitative estimate of drug-likeness (QED) is 0.0411. The average molecular weight is 627 g/mol. The molecule has 0 saturated carbocycles. The summed E-state index contributed by atoms with van der Waals surface area (Å²) >= 11 is 0. The molecule has 43 heavy (non-hydrogen) atoms. The molecule has 0 amide bonds. The van der Waals surface area contributed by atoms with Crippen molar-refractivity contribution in [2.24, 2.45) is 0 Å². The Kier molecular flexibility index (Phi) is 35.4. The van der Waals surface area contributed by atoms with Crippen LogP contribution in [0.15, 0.2) is 12.2 Å². The Morgan fingerprint density at radius 3 is 1.37 bits per heavy atom. The van der Waals surface area contributed by atoms with E-state index in [9.17, 15) is 14.7 Å². The van der Waals surface area contributed by atoms with E-state index in [-0.39, 0.29) is 27.5 Å². The molecule has 0 heterocycles. The van der Waals surface area contributed by atoms with Crippen molar-refractivity contribution < 1.29 is 24.3 Å². The van der Waals surface area contributed by atoms with Gasteiger partial charge in [-0.05, 0) is 44.9 Å². The average Bonchev–Trinajstić information content (AvgIpc) is 3.00. The van der Waals surface area contributed by atoms with Gasteiger partial charge in [0.05, 0.1) is 22.0 Å². The number of Topliss-reactive ketones (excluding diaryl/α,β-unsaturated/α-hetero) is 1. The molecular formula is C37H71O5P. The van der Waals surface area contributed by atoms with Crippen LogP contribution in [-0.4, -0.2) is 40.8 Å². The molecule has 0 saturated heterocycles. The number of carbonyl (C=O) groups excluding carboxylic acids is 2. The molecule has 6 heteroatoms. The van der Waals surface area contributed by atoms with Crippen molar-refractivity contribution in [3.63, 3.8) is 0 Å². The number of allylic oxidation sites excluding steroid dienone is 2. The standard InChI is InChI=1S/C37H71O5P/c1-2-3-4-5-6-7-8-9-10-12-15-18-21-24-27-30-35(39)31-28-25-22-19-16-13-11-14-17-20-23-26-29-32-37(41)43-42-34-36(40)33-38/h9-10,36,38,40,43H,2-8,11-34H2,1H3. The lowest BCUT2D eigenvalue weighted by molar-refractivity contribution is -0.119. The van der Waals surface area contributed by atoms with E-state index in [1.807, 2.05) is 0 Å². The van der Waals surface area contributed by atoms with E-state index in [4.69, 9.17) is 9.63 Å². The highest BCUT2D eigenvalue weighted by Crippen LogP contribution is 2.19. The molecule has 2 N–H and O–H groups in total. The van der Waals surface area contributed by atoms with Gasteiger partial charge in [-0.1, -0.05) is 141 Å². The number of aliphatic hydroxyl groups excluding tert-OH is 2. The highest BCUT2D eigenvalue weighted by molar-refractivity contribution is 7.53. The number of ketones is 1. The molecule has 0 aliphatic carbocycles. The van der Waals surface area contributed by atoms with E-state index >= 15 is 0 Å². The number of hydrogen-bond donors (Lipinski definition) is 2. The molecule has 0 radical (unpaired) electrons. The SMILES string of the molecule is CCCCCCCCC=CCCCCCCCC(=O)CCCCCCCCCCCCCCCC(=O)POCC(O)CO. The molecule has 0 aromatic rings. The minimum absolute atomic E-state index is 0.0279. The maximum Gasteiger partial charge on any atom is 0.178 e. The second-order valence-corrected chi connectivity index (χ2v) is 13.7. The summed E-state index contributed by atoms with van der Waals surface area (Å²) in [5, 5.41) is 17.9. The molecule has 0 spiro atoms. The Morgan fingerprint density at radius 1 is 0.581 bits per heavy atom. The van der Waals surface area contributed by atoms with Gasteiger partial charge in [-0.25, -0.2) is 0 Å². The van der Waals surface area contributed by atoms with E-state index in [0.717, 1.165) is 38.5 Å². The first-order valence-corrected chi connectivity index (χ1v) is 19.4. The van der Waals surface area contributed by atoms with Crippen LogP contribution >= 0.6 is 8.81 Å². The van der Waals surface area contributed by atoms with Crippen molar-refractivity contribution in [3.05, 3.63) is 12.2 Å². The predicted octanol–water partition coefficient (Wildman–Crippen LogP) is 10.9. The zero-order chi connectivity index (χ0) is 31.5. The van der Waals surface area contributed by atoms with Crippen molar-refractivity contribution in [1.29, 1.82) is 0 Å². The van der Waals surface area contributed by atoms with Gasteiger partial charge >= 0.3 is 0 Å². The third-order valence-corrected chi connectivity index (χ3v) is 9.04. The molecular weight excluding hydrogens is 555 g/mol. The molecule has 2 atom stereocenters. The molecule has 0 rings (SSSR count). The summed E-state index contributed by atoms with van der Waals surface area (Å²) in [5.41, 5.74) is 0.102. The molecule has 0 aromatic heterocycles. The van der Waals surface area contributed by atoms with Crippen LogP contribution in [-0.2, 0) is 14.1 Å². The van der Waals surface area contributed by atoms with Crippen LogP contribution in [0.4, 0.5) is 0 Å². The maximum atomic E-state index is 12.1. The van der Waals surface area contributed by atoms with Crippen molar-refractivity contribution in [3.8, 4) is 0 Å². The smallest absolute Gasteiger partial charge is 0.178 e. The van der Waals surface area contributed by atoms with E-state index in [0.29, 0.717) is 12.2 Å². The normalized spacial score (nSPS) is 12.6. The molecule has 0 bridgehead atoms. The minimum Gasteiger partial charge on any atom is -0.394 e. The van der Waals surface area contributed by atoms with Crippen molar-refractivity contribution in [2.45, 2.75) is 199 Å². The molecule has 0 aliphatic heterocycles. The van der Waals surface area contributed by atoms with Crippen LogP contribution in [0.1, 0.15) is 193 Å². The van der Waals surface area contributed by atoms with E-state index in [1.54, 1.807) is 0 Å². The van der Waals surface area contributed by atoms with Gasteiger partial charge in [0.2, 0.25) is 0 Å². The maximum absolute atomic E-state index is 12.1. The van der Waals surface area contributed by atoms with Crippen LogP contribution in [0.2, 0.25) is 0 Å². The third kappa shape index (κ3) is 35.7. The van der Waals surface area contributed by atoms with Crippen LogP contribution < -0.4 is 0 Å². The van der Waals surface area contributed by atoms with Crippen molar-refractivity contribution in [2.75, 3.05) is 13.2 Å². The Balaban J connectivity index is 3.25. The number of rotatable bonds is 36. The van der Waals surface area contributed by atoms with Gasteiger partial charge < -0.3 is 14.7 Å². The monoisotopic (exact) mass is 627 g/mol. The topological polar surface area (TPSA) is 83.8 Å². The zero-order valence-corrected chi connectivity index (χ0v) is 29.3. The summed E-state index contributed by atoms with van der Waals surface area (Å²) in [7, 11) is -0.216. The molecule has 254 valence electrons. The van der Waals surface area contributed by atoms with Gasteiger partial charge in [0.25, 0.3) is 0 Å². The van der Waals surface area contributed by atoms with E-state index < -0.39 is 6.10 Å². The Morgan fingerprint density at radius 2 is 0.953 bits per heavy atom. The van der Waals surface area contributed by atoms with Crippen LogP contribution in [0.3, 0.4) is 0 Å². The van der Waals surface area contributed by atoms with Crippen LogP contribution in [0.5, 0.6) is 0 Å². The Bertz CT molecular complexity index is 624. The number of hydrogen-bond acceptors (Lipinski definition) is 5. The second kappa shape index (κ2) is 35.9. The highest BCUT2D eigenvalue weighted by Gasteiger charge is 2.06. The molecule has 5 nitrogen and oxygen atoms in total. The summed E-state index contributed by atoms with van der Waals surface area (Å²) < 4.78 is 5.12. The van der Waals surface area contributed by atoms with Crippen molar-refractivity contribution >= 4 is 20.1 Å². The first-order valence-electron chi connectivity index (χ1n) is 18.5. The van der Waals surface area contributed by atoms with Gasteiger partial charge in [-0.3, -0.25) is 9.59 Å². The lowest BCUT2D eigenvalue weighted by Gasteiger charge is -2.07. The Hall–Kier alpha value is -0.610. The number of unbranched alkanes of at least 4 members (excludes halogenated alkanes) is 23. The van der Waals surface area contributed by atoms with E-state index in [2.05, 4.69) is 19.1 Å². The number of aliphatic hydroxyl groups is 2. The van der Waals surface area contributed by atoms with Gasteiger partial charge in [-0.15, -0.1) is 0 Å². The summed E-state index contributed by atoms with van der Waals surface area (Å²) in [5.74, 6) is 0.480. The summed E-state index contributed by atoms with van der Waals surface area (Å²) in [6.07, 6.45) is 38.8. The number of carbonyl (C=O) groups is 2. The minimum atomic E-state index is -0.890. The van der Waals surface area contributed by atoms with E-state index in [1.165, 1.54) is 141 Å². The highest BCUT2D eigenvalue weighted by atomic mass is 31.1. The largest absolute Gasteiger partial charge is 0.394 e. The van der Waals surface area contributed by atoms with Gasteiger partial charge in [-0.2, -0.15) is 0 Å². The molecule has 0 aromatic carbocycles. The second-order valence-electron chi connectivity index (χ2n) is 12.6. The zero-order valence-electron chi connectivity index (χ0n) is 28.3. The molecule has 2 unspecified atom stereocenters. The first-order chi connectivity index (χ1) is 21.1. The third-order valence-electron chi connectivity index (χ3n) is 8.25. The fraction of sp³-hybridized carbons (Fsp3) is 0.892. The summed E-state index contributed by atoms with van der Waals surface area (Å²) in [6.45, 7) is 1.97. The lowest BCUT2D eigenvalue weighted by Crippen LogP contribution is -2.17. The van der Waals surface area contributed by atoms with Crippen LogP contribution in [0.25, 0.3) is 0 Å². The summed E-state index contributed by atoms with van der Waals surface area (Å²) in [4.78, 5) is 23.9. The summed E-state index contributed by atoms with van der Waals surface area (Å²) in [6, 6.07) is 0. The fourth-order valence-corrected chi connectivity index (χ4v) is 6.11. The van der Waals surface area contributed by atoms with Gasteiger partial charge in [0, 0.05) is 19.3 Å². The Labute approximate surface area is 268 Å². The van der Waals surface area contributed by atoms with Gasteiger partial charge in [0.1, 0.15) is 11.9 Å². The predicted molar refractivity (Wildman–Crippen MR) is 186 cm³/mol. The van der Waals surface area contributed by atoms with Crippen molar-refractivity contribution in [1.82, 2.24) is 0 Å². The molecule has 0 aliphatic rings. The van der Waals surface area contributed by atoms with Gasteiger partial charge in [0.15, 0.2) is 5.52 Å².